The molecule has 0 bridgehead atoms. The Morgan fingerprint density at radius 3 is 2.83 bits per heavy atom. The van der Waals surface area contributed by atoms with E-state index in [1.807, 2.05) is 25.1 Å². The number of benzene rings is 1. The summed E-state index contributed by atoms with van der Waals surface area (Å²) in [6, 6.07) is 8.00. The van der Waals surface area contributed by atoms with Gasteiger partial charge in [-0.1, -0.05) is 18.2 Å². The molecule has 4 nitrogen and oxygen atoms in total. The SMILES string of the molecule is CCOc1ccccc1CCCNC(=O)COC. The van der Waals surface area contributed by atoms with E-state index >= 15 is 0 Å². The summed E-state index contributed by atoms with van der Waals surface area (Å²) in [4.78, 5) is 11.2. The molecule has 0 unspecified atom stereocenters. The highest BCUT2D eigenvalue weighted by Crippen LogP contribution is 2.19. The molecular formula is C14H21NO3. The van der Waals surface area contributed by atoms with E-state index in [-0.39, 0.29) is 12.5 Å². The van der Waals surface area contributed by atoms with Crippen LogP contribution in [-0.2, 0) is 16.0 Å². The van der Waals surface area contributed by atoms with Gasteiger partial charge >= 0.3 is 0 Å². The van der Waals surface area contributed by atoms with E-state index in [0.29, 0.717) is 13.2 Å². The van der Waals surface area contributed by atoms with Crippen LogP contribution in [0, 0.1) is 0 Å². The summed E-state index contributed by atoms with van der Waals surface area (Å²) in [7, 11) is 1.51. The van der Waals surface area contributed by atoms with Crippen molar-refractivity contribution in [3.05, 3.63) is 29.8 Å². The largest absolute Gasteiger partial charge is 0.494 e. The molecule has 0 atom stereocenters. The molecule has 1 aromatic carbocycles. The third-order valence-corrected chi connectivity index (χ3v) is 2.49. The van der Waals surface area contributed by atoms with Gasteiger partial charge in [0.1, 0.15) is 12.4 Å². The van der Waals surface area contributed by atoms with Crippen LogP contribution >= 0.6 is 0 Å². The van der Waals surface area contributed by atoms with Crippen molar-refractivity contribution in [3.8, 4) is 5.75 Å². The fraction of sp³-hybridized carbons (Fsp3) is 0.500. The summed E-state index contributed by atoms with van der Waals surface area (Å²) in [5, 5.41) is 2.80. The highest BCUT2D eigenvalue weighted by molar-refractivity contribution is 5.77. The zero-order valence-electron chi connectivity index (χ0n) is 11.1. The van der Waals surface area contributed by atoms with Crippen LogP contribution < -0.4 is 10.1 Å². The quantitative estimate of drug-likeness (QED) is 0.716. The number of methoxy groups -OCH3 is 1. The standard InChI is InChI=1S/C14H21NO3/c1-3-18-13-9-5-4-7-12(13)8-6-10-15-14(16)11-17-2/h4-5,7,9H,3,6,8,10-11H2,1-2H3,(H,15,16). The Labute approximate surface area is 108 Å². The topological polar surface area (TPSA) is 47.6 Å². The van der Waals surface area contributed by atoms with Gasteiger partial charge in [-0.2, -0.15) is 0 Å². The third kappa shape index (κ3) is 5.19. The van der Waals surface area contributed by atoms with Crippen molar-refractivity contribution >= 4 is 5.91 Å². The third-order valence-electron chi connectivity index (χ3n) is 2.49. The number of aryl methyl sites for hydroxylation is 1. The maximum atomic E-state index is 11.2. The first kappa shape index (κ1) is 14.5. The van der Waals surface area contributed by atoms with Gasteiger partial charge in [-0.15, -0.1) is 0 Å². The summed E-state index contributed by atoms with van der Waals surface area (Å²) in [5.41, 5.74) is 1.18. The maximum absolute atomic E-state index is 11.2. The first-order valence-electron chi connectivity index (χ1n) is 6.24. The van der Waals surface area contributed by atoms with Gasteiger partial charge < -0.3 is 14.8 Å². The Kier molecular flexibility index (Phi) is 6.87. The normalized spacial score (nSPS) is 10.1. The predicted molar refractivity (Wildman–Crippen MR) is 70.8 cm³/mol. The monoisotopic (exact) mass is 251 g/mol. The molecule has 1 amide bonds. The van der Waals surface area contributed by atoms with E-state index in [9.17, 15) is 4.79 Å². The van der Waals surface area contributed by atoms with E-state index in [1.165, 1.54) is 12.7 Å². The number of para-hydroxylation sites is 1. The minimum Gasteiger partial charge on any atom is -0.494 e. The van der Waals surface area contributed by atoms with Gasteiger partial charge in [-0.3, -0.25) is 4.79 Å². The Morgan fingerprint density at radius 2 is 2.11 bits per heavy atom. The fourth-order valence-corrected chi connectivity index (χ4v) is 1.70. The number of amides is 1. The van der Waals surface area contributed by atoms with Crippen LogP contribution in [0.4, 0.5) is 0 Å². The second-order valence-electron chi connectivity index (χ2n) is 3.93. The van der Waals surface area contributed by atoms with Gasteiger partial charge in [0.05, 0.1) is 6.61 Å². The molecule has 0 aliphatic carbocycles. The smallest absolute Gasteiger partial charge is 0.245 e. The van der Waals surface area contributed by atoms with Crippen LogP contribution in [0.2, 0.25) is 0 Å². The number of hydrogen-bond acceptors (Lipinski definition) is 3. The Morgan fingerprint density at radius 1 is 1.33 bits per heavy atom. The van der Waals surface area contributed by atoms with Crippen molar-refractivity contribution < 1.29 is 14.3 Å². The van der Waals surface area contributed by atoms with E-state index in [0.717, 1.165) is 18.6 Å². The van der Waals surface area contributed by atoms with Crippen molar-refractivity contribution in [1.82, 2.24) is 5.32 Å². The van der Waals surface area contributed by atoms with Crippen LogP contribution in [0.15, 0.2) is 24.3 Å². The van der Waals surface area contributed by atoms with Gasteiger partial charge in [0, 0.05) is 13.7 Å². The Balaban J connectivity index is 2.32. The van der Waals surface area contributed by atoms with Gasteiger partial charge in [0.2, 0.25) is 5.91 Å². The van der Waals surface area contributed by atoms with Gasteiger partial charge in [0.25, 0.3) is 0 Å². The molecule has 0 heterocycles. The summed E-state index contributed by atoms with van der Waals surface area (Å²) < 4.78 is 10.3. The van der Waals surface area contributed by atoms with Crippen LogP contribution in [0.5, 0.6) is 5.75 Å². The second-order valence-corrected chi connectivity index (χ2v) is 3.93. The molecule has 0 saturated carbocycles. The molecular weight excluding hydrogens is 230 g/mol. The Bertz CT molecular complexity index is 366. The van der Waals surface area contributed by atoms with Crippen LogP contribution in [0.1, 0.15) is 18.9 Å². The van der Waals surface area contributed by atoms with E-state index in [4.69, 9.17) is 9.47 Å². The average Bonchev–Trinajstić information content (AvgIpc) is 2.37. The second kappa shape index (κ2) is 8.53. The summed E-state index contributed by atoms with van der Waals surface area (Å²) in [6.07, 6.45) is 1.78. The van der Waals surface area contributed by atoms with Crippen molar-refractivity contribution in [2.75, 3.05) is 26.9 Å². The average molecular weight is 251 g/mol. The predicted octanol–water partition coefficient (Wildman–Crippen LogP) is 1.78. The number of rotatable bonds is 8. The first-order chi connectivity index (χ1) is 8.77. The molecule has 0 aromatic heterocycles. The highest BCUT2D eigenvalue weighted by Gasteiger charge is 2.03. The molecule has 0 aliphatic rings. The molecule has 0 spiro atoms. The lowest BCUT2D eigenvalue weighted by molar-refractivity contribution is -0.124. The van der Waals surface area contributed by atoms with Crippen molar-refractivity contribution in [1.29, 1.82) is 0 Å². The molecule has 18 heavy (non-hydrogen) atoms. The highest BCUT2D eigenvalue weighted by atomic mass is 16.5. The minimum atomic E-state index is -0.0735. The van der Waals surface area contributed by atoms with Gasteiger partial charge in [-0.25, -0.2) is 0 Å². The maximum Gasteiger partial charge on any atom is 0.245 e. The van der Waals surface area contributed by atoms with Crippen molar-refractivity contribution in [2.45, 2.75) is 19.8 Å². The molecule has 4 heteroatoms. The van der Waals surface area contributed by atoms with Crippen LogP contribution in [0.3, 0.4) is 0 Å². The lowest BCUT2D eigenvalue weighted by atomic mass is 10.1. The lowest BCUT2D eigenvalue weighted by Gasteiger charge is -2.10. The van der Waals surface area contributed by atoms with Crippen LogP contribution in [-0.4, -0.2) is 32.8 Å². The molecule has 0 aliphatic heterocycles. The van der Waals surface area contributed by atoms with Crippen molar-refractivity contribution in [3.63, 3.8) is 0 Å². The number of carbonyl (C=O) groups excluding carboxylic acids is 1. The number of carbonyl (C=O) groups is 1. The summed E-state index contributed by atoms with van der Waals surface area (Å²) in [5.74, 6) is 0.860. The lowest BCUT2D eigenvalue weighted by Crippen LogP contribution is -2.28. The van der Waals surface area contributed by atoms with Gasteiger partial charge in [0.15, 0.2) is 0 Å². The molecule has 1 N–H and O–H groups in total. The van der Waals surface area contributed by atoms with E-state index < -0.39 is 0 Å². The van der Waals surface area contributed by atoms with Crippen LogP contribution in [0.25, 0.3) is 0 Å². The van der Waals surface area contributed by atoms with Gasteiger partial charge in [-0.05, 0) is 31.4 Å². The van der Waals surface area contributed by atoms with E-state index in [2.05, 4.69) is 11.4 Å². The molecule has 100 valence electrons. The zero-order valence-corrected chi connectivity index (χ0v) is 11.1. The molecule has 1 aromatic rings. The zero-order chi connectivity index (χ0) is 13.2. The summed E-state index contributed by atoms with van der Waals surface area (Å²) in [6.45, 7) is 3.42. The first-order valence-corrected chi connectivity index (χ1v) is 6.24. The minimum absolute atomic E-state index is 0.0735. The molecule has 0 radical (unpaired) electrons. The molecule has 0 fully saturated rings. The van der Waals surface area contributed by atoms with Crippen molar-refractivity contribution in [2.24, 2.45) is 0 Å². The fourth-order valence-electron chi connectivity index (χ4n) is 1.70. The number of ether oxygens (including phenoxy) is 2. The Hall–Kier alpha value is -1.55. The summed E-state index contributed by atoms with van der Waals surface area (Å²) >= 11 is 0. The number of nitrogens with one attached hydrogen (secondary N) is 1. The number of hydrogen-bond donors (Lipinski definition) is 1. The molecule has 0 saturated heterocycles. The van der Waals surface area contributed by atoms with E-state index in [1.54, 1.807) is 0 Å². The molecule has 1 rings (SSSR count).